The Bertz CT molecular complexity index is 311. The summed E-state index contributed by atoms with van der Waals surface area (Å²) in [6.45, 7) is 0.148. The number of alkyl halides is 1. The Kier molecular flexibility index (Phi) is 5.36. The van der Waals surface area contributed by atoms with Crippen molar-refractivity contribution in [2.45, 2.75) is 12.8 Å². The van der Waals surface area contributed by atoms with E-state index in [1.165, 1.54) is 0 Å². The van der Waals surface area contributed by atoms with Crippen LogP contribution in [0.4, 0.5) is 5.69 Å². The molecule has 0 atom stereocenters. The smallest absolute Gasteiger partial charge is 0.225 e. The van der Waals surface area contributed by atoms with Crippen LogP contribution in [0.5, 0.6) is 0 Å². The molecule has 0 spiro atoms. The van der Waals surface area contributed by atoms with E-state index in [0.29, 0.717) is 18.2 Å². The molecule has 1 amide bonds. The maximum absolute atomic E-state index is 11.2. The number of hydrogen-bond acceptors (Lipinski definition) is 2. The Balaban J connectivity index is 2.52. The quantitative estimate of drug-likeness (QED) is 0.805. The van der Waals surface area contributed by atoms with E-state index in [2.05, 4.69) is 21.2 Å². The number of anilines is 1. The van der Waals surface area contributed by atoms with Gasteiger partial charge in [-0.1, -0.05) is 28.1 Å². The highest BCUT2D eigenvalue weighted by atomic mass is 79.9. The Morgan fingerprint density at radius 1 is 1.33 bits per heavy atom. The van der Waals surface area contributed by atoms with Crippen molar-refractivity contribution in [3.05, 3.63) is 29.8 Å². The highest BCUT2D eigenvalue weighted by molar-refractivity contribution is 9.09. The van der Waals surface area contributed by atoms with Crippen molar-refractivity contribution in [2.24, 2.45) is 0 Å². The van der Waals surface area contributed by atoms with Crippen molar-refractivity contribution in [2.75, 3.05) is 17.3 Å². The van der Waals surface area contributed by atoms with Crippen LogP contribution in [-0.4, -0.2) is 23.0 Å². The fraction of sp³-hybridized carbons (Fsp3) is 0.364. The molecular weight excluding hydrogens is 258 g/mol. The van der Waals surface area contributed by atoms with Crippen LogP contribution in [0.25, 0.3) is 0 Å². The summed E-state index contributed by atoms with van der Waals surface area (Å²) in [5, 5.41) is 12.2. The van der Waals surface area contributed by atoms with E-state index >= 15 is 0 Å². The van der Waals surface area contributed by atoms with Gasteiger partial charge in [-0.2, -0.15) is 0 Å². The van der Waals surface area contributed by atoms with Crippen LogP contribution in [-0.2, 0) is 11.2 Å². The average Bonchev–Trinajstić information content (AvgIpc) is 2.22. The number of aliphatic hydroxyl groups excluding tert-OH is 1. The molecule has 0 saturated carbocycles. The molecule has 0 aliphatic rings. The monoisotopic (exact) mass is 271 g/mol. The number of benzene rings is 1. The van der Waals surface area contributed by atoms with Crippen LogP contribution in [0.2, 0.25) is 0 Å². The molecule has 1 aromatic carbocycles. The average molecular weight is 272 g/mol. The van der Waals surface area contributed by atoms with Crippen molar-refractivity contribution in [3.8, 4) is 0 Å². The Morgan fingerprint density at radius 3 is 2.53 bits per heavy atom. The number of nitrogens with one attached hydrogen (secondary N) is 1. The van der Waals surface area contributed by atoms with Gasteiger partial charge in [0.2, 0.25) is 5.91 Å². The number of aliphatic hydroxyl groups is 1. The zero-order valence-electron chi connectivity index (χ0n) is 8.37. The van der Waals surface area contributed by atoms with E-state index in [1.54, 1.807) is 0 Å². The number of amides is 1. The fourth-order valence-corrected chi connectivity index (χ4v) is 1.55. The van der Waals surface area contributed by atoms with Gasteiger partial charge in [-0.3, -0.25) is 4.79 Å². The maximum atomic E-state index is 11.2. The minimum absolute atomic E-state index is 0.00165. The molecule has 0 bridgehead atoms. The van der Waals surface area contributed by atoms with Crippen molar-refractivity contribution >= 4 is 27.5 Å². The molecule has 0 aliphatic heterocycles. The molecular formula is C11H14BrNO2. The topological polar surface area (TPSA) is 49.3 Å². The van der Waals surface area contributed by atoms with Gasteiger partial charge in [-0.25, -0.2) is 0 Å². The Hall–Kier alpha value is -0.870. The second-order valence-corrected chi connectivity index (χ2v) is 3.95. The summed E-state index contributed by atoms with van der Waals surface area (Å²) in [5.41, 5.74) is 1.86. The third kappa shape index (κ3) is 4.44. The van der Waals surface area contributed by atoms with Crippen LogP contribution in [0.1, 0.15) is 12.0 Å². The number of carbonyl (C=O) groups is 1. The lowest BCUT2D eigenvalue weighted by Crippen LogP contribution is -2.11. The summed E-state index contributed by atoms with van der Waals surface area (Å²) in [7, 11) is 0. The number of rotatable bonds is 5. The lowest BCUT2D eigenvalue weighted by atomic mass is 10.1. The first-order chi connectivity index (χ1) is 7.26. The van der Waals surface area contributed by atoms with Gasteiger partial charge in [0.1, 0.15) is 0 Å². The van der Waals surface area contributed by atoms with Crippen LogP contribution in [0.3, 0.4) is 0 Å². The predicted octanol–water partition coefficient (Wildman–Crippen LogP) is 1.94. The largest absolute Gasteiger partial charge is 0.396 e. The minimum atomic E-state index is 0.00165. The molecule has 3 nitrogen and oxygen atoms in total. The van der Waals surface area contributed by atoms with E-state index in [-0.39, 0.29) is 12.5 Å². The first-order valence-electron chi connectivity index (χ1n) is 4.82. The summed E-state index contributed by atoms with van der Waals surface area (Å²) in [6, 6.07) is 7.49. The molecule has 0 fully saturated rings. The molecule has 15 heavy (non-hydrogen) atoms. The van der Waals surface area contributed by atoms with Gasteiger partial charge in [0.05, 0.1) is 0 Å². The summed E-state index contributed by atoms with van der Waals surface area (Å²) >= 11 is 3.21. The second kappa shape index (κ2) is 6.58. The minimum Gasteiger partial charge on any atom is -0.396 e. The third-order valence-electron chi connectivity index (χ3n) is 1.96. The molecule has 1 aromatic rings. The van der Waals surface area contributed by atoms with E-state index in [1.807, 2.05) is 24.3 Å². The van der Waals surface area contributed by atoms with E-state index < -0.39 is 0 Å². The number of carbonyl (C=O) groups excluding carboxylic acids is 1. The first kappa shape index (κ1) is 12.2. The summed E-state index contributed by atoms with van der Waals surface area (Å²) in [5.74, 6) is 0.00165. The van der Waals surface area contributed by atoms with Crippen molar-refractivity contribution < 1.29 is 9.90 Å². The van der Waals surface area contributed by atoms with Gasteiger partial charge in [-0.05, 0) is 24.1 Å². The lowest BCUT2D eigenvalue weighted by molar-refractivity contribution is -0.115. The van der Waals surface area contributed by atoms with Gasteiger partial charge in [0.15, 0.2) is 0 Å². The van der Waals surface area contributed by atoms with Crippen molar-refractivity contribution in [1.82, 2.24) is 0 Å². The summed E-state index contributed by atoms with van der Waals surface area (Å²) < 4.78 is 0. The van der Waals surface area contributed by atoms with Crippen LogP contribution >= 0.6 is 15.9 Å². The van der Waals surface area contributed by atoms with E-state index in [0.717, 1.165) is 11.3 Å². The summed E-state index contributed by atoms with van der Waals surface area (Å²) in [6.07, 6.45) is 1.12. The number of hydrogen-bond donors (Lipinski definition) is 2. The van der Waals surface area contributed by atoms with E-state index in [9.17, 15) is 4.79 Å². The highest BCUT2D eigenvalue weighted by Gasteiger charge is 2.00. The molecule has 0 heterocycles. The van der Waals surface area contributed by atoms with Crippen LogP contribution < -0.4 is 5.32 Å². The van der Waals surface area contributed by atoms with Crippen molar-refractivity contribution in [3.63, 3.8) is 0 Å². The molecule has 0 aliphatic carbocycles. The van der Waals surface area contributed by atoms with Gasteiger partial charge in [0, 0.05) is 24.0 Å². The Labute approximate surface area is 97.6 Å². The first-order valence-corrected chi connectivity index (χ1v) is 5.94. The summed E-state index contributed by atoms with van der Waals surface area (Å²) in [4.78, 5) is 11.2. The normalized spacial score (nSPS) is 10.0. The molecule has 4 heteroatoms. The lowest BCUT2D eigenvalue weighted by Gasteiger charge is -2.04. The maximum Gasteiger partial charge on any atom is 0.225 e. The molecule has 2 N–H and O–H groups in total. The molecule has 1 rings (SSSR count). The van der Waals surface area contributed by atoms with Gasteiger partial charge >= 0.3 is 0 Å². The van der Waals surface area contributed by atoms with E-state index in [4.69, 9.17) is 5.11 Å². The van der Waals surface area contributed by atoms with Crippen LogP contribution in [0, 0.1) is 0 Å². The second-order valence-electron chi connectivity index (χ2n) is 3.16. The van der Waals surface area contributed by atoms with Crippen LogP contribution in [0.15, 0.2) is 24.3 Å². The van der Waals surface area contributed by atoms with Gasteiger partial charge in [-0.15, -0.1) is 0 Å². The van der Waals surface area contributed by atoms with Gasteiger partial charge in [0.25, 0.3) is 0 Å². The molecule has 0 unspecified atom stereocenters. The zero-order chi connectivity index (χ0) is 11.1. The molecule has 0 saturated heterocycles. The molecule has 0 radical (unpaired) electrons. The fourth-order valence-electron chi connectivity index (χ4n) is 1.19. The third-order valence-corrected chi connectivity index (χ3v) is 2.36. The van der Waals surface area contributed by atoms with Gasteiger partial charge < -0.3 is 10.4 Å². The number of halogens is 1. The molecule has 0 aromatic heterocycles. The highest BCUT2D eigenvalue weighted by Crippen LogP contribution is 2.10. The molecule has 82 valence electrons. The van der Waals surface area contributed by atoms with Crippen molar-refractivity contribution in [1.29, 1.82) is 0 Å². The zero-order valence-corrected chi connectivity index (χ0v) is 9.96. The standard InChI is InChI=1S/C11H14BrNO2/c12-7-5-11(15)13-10-3-1-9(2-4-10)6-8-14/h1-4,14H,5-8H2,(H,13,15). The predicted molar refractivity (Wildman–Crippen MR) is 64.3 cm³/mol. The SMILES string of the molecule is O=C(CCBr)Nc1ccc(CCO)cc1. The Morgan fingerprint density at radius 2 is 2.00 bits per heavy atom.